The number of benzene rings is 1. The van der Waals surface area contributed by atoms with E-state index >= 15 is 0 Å². The van der Waals surface area contributed by atoms with Crippen LogP contribution in [-0.4, -0.2) is 18.0 Å². The van der Waals surface area contributed by atoms with Gasteiger partial charge < -0.3 is 10.5 Å². The molecule has 0 aliphatic carbocycles. The number of carbonyl (C=O) groups excluding carboxylic acids is 2. The average molecular weight is 288 g/mol. The molecule has 0 bridgehead atoms. The van der Waals surface area contributed by atoms with Crippen molar-refractivity contribution in [1.29, 1.82) is 0 Å². The lowest BCUT2D eigenvalue weighted by Crippen LogP contribution is -2.21. The molecule has 1 aromatic carbocycles. The molecule has 0 saturated carbocycles. The third-order valence-corrected chi connectivity index (χ3v) is 4.01. The van der Waals surface area contributed by atoms with Crippen molar-refractivity contribution in [3.8, 4) is 0 Å². The standard InChI is InChI=1S/C17H22NO3/c1-12(16(18)19)7-9-14-11-15(21-17(14)20)10-8-13-5-3-2-4-6-13/h2-6,10,12,14-15H,7-9,11H2,1H3,(H2,18,19)/t12?,14-,15+/m1/s1. The Balaban J connectivity index is 1.76. The first-order valence-corrected chi connectivity index (χ1v) is 7.43. The molecule has 2 rings (SSSR count). The summed E-state index contributed by atoms with van der Waals surface area (Å²) in [4.78, 5) is 22.8. The number of hydrogen-bond acceptors (Lipinski definition) is 3. The molecule has 0 spiro atoms. The molecule has 1 heterocycles. The molecule has 3 atom stereocenters. The van der Waals surface area contributed by atoms with Crippen molar-refractivity contribution < 1.29 is 14.3 Å². The number of ether oxygens (including phenoxy) is 1. The highest BCUT2D eigenvalue weighted by molar-refractivity contribution is 5.77. The van der Waals surface area contributed by atoms with E-state index in [1.807, 2.05) is 24.6 Å². The molecule has 113 valence electrons. The van der Waals surface area contributed by atoms with Crippen molar-refractivity contribution in [2.24, 2.45) is 17.6 Å². The summed E-state index contributed by atoms with van der Waals surface area (Å²) in [5.41, 5.74) is 6.44. The van der Waals surface area contributed by atoms with Crippen LogP contribution in [0.15, 0.2) is 30.3 Å². The zero-order valence-corrected chi connectivity index (χ0v) is 12.3. The highest BCUT2D eigenvalue weighted by Crippen LogP contribution is 2.28. The lowest BCUT2D eigenvalue weighted by Gasteiger charge is -2.09. The summed E-state index contributed by atoms with van der Waals surface area (Å²) in [5.74, 6) is -0.761. The highest BCUT2D eigenvalue weighted by Gasteiger charge is 2.34. The van der Waals surface area contributed by atoms with Crippen LogP contribution < -0.4 is 5.73 Å². The molecule has 1 saturated heterocycles. The molecule has 1 aromatic rings. The third-order valence-electron chi connectivity index (χ3n) is 4.01. The Hall–Kier alpha value is -1.84. The number of esters is 1. The second-order valence-electron chi connectivity index (χ2n) is 5.71. The average Bonchev–Trinajstić information content (AvgIpc) is 2.84. The van der Waals surface area contributed by atoms with Gasteiger partial charge in [-0.25, -0.2) is 0 Å². The predicted molar refractivity (Wildman–Crippen MR) is 80.0 cm³/mol. The molecule has 1 aliphatic rings. The van der Waals surface area contributed by atoms with Crippen LogP contribution in [0, 0.1) is 18.3 Å². The van der Waals surface area contributed by atoms with Gasteiger partial charge in [-0.05, 0) is 31.2 Å². The summed E-state index contributed by atoms with van der Waals surface area (Å²) < 4.78 is 5.38. The highest BCUT2D eigenvalue weighted by atomic mass is 16.5. The quantitative estimate of drug-likeness (QED) is 0.782. The van der Waals surface area contributed by atoms with Crippen LogP contribution in [-0.2, 0) is 20.7 Å². The van der Waals surface area contributed by atoms with E-state index in [0.29, 0.717) is 19.3 Å². The fourth-order valence-corrected chi connectivity index (χ4v) is 2.53. The minimum atomic E-state index is -0.312. The van der Waals surface area contributed by atoms with E-state index in [4.69, 9.17) is 10.5 Å². The van der Waals surface area contributed by atoms with Gasteiger partial charge in [0, 0.05) is 12.3 Å². The summed E-state index contributed by atoms with van der Waals surface area (Å²) in [5, 5.41) is 0. The first-order chi connectivity index (χ1) is 10.1. The van der Waals surface area contributed by atoms with E-state index in [0.717, 1.165) is 6.42 Å². The molecule has 4 heteroatoms. The minimum Gasteiger partial charge on any atom is -0.462 e. The lowest BCUT2D eigenvalue weighted by atomic mass is 9.93. The van der Waals surface area contributed by atoms with Crippen molar-refractivity contribution in [3.63, 3.8) is 0 Å². The lowest BCUT2D eigenvalue weighted by molar-refractivity contribution is -0.143. The second kappa shape index (κ2) is 7.25. The van der Waals surface area contributed by atoms with Gasteiger partial charge in [0.25, 0.3) is 0 Å². The zero-order valence-electron chi connectivity index (χ0n) is 12.3. The Morgan fingerprint density at radius 2 is 2.14 bits per heavy atom. The normalized spacial score (nSPS) is 22.8. The largest absolute Gasteiger partial charge is 0.462 e. The molecule has 1 amide bonds. The molecule has 21 heavy (non-hydrogen) atoms. The molecule has 2 N–H and O–H groups in total. The van der Waals surface area contributed by atoms with E-state index in [-0.39, 0.29) is 29.8 Å². The van der Waals surface area contributed by atoms with Crippen LogP contribution in [0.25, 0.3) is 0 Å². The maximum absolute atomic E-state index is 11.8. The molecular formula is C17H22NO3. The zero-order chi connectivity index (χ0) is 15.2. The van der Waals surface area contributed by atoms with Gasteiger partial charge in [0.1, 0.15) is 6.10 Å². The molecule has 1 radical (unpaired) electrons. The number of cyclic esters (lactones) is 1. The summed E-state index contributed by atoms with van der Waals surface area (Å²) in [6.07, 6.45) is 4.73. The van der Waals surface area contributed by atoms with Gasteiger partial charge in [0.15, 0.2) is 0 Å². The van der Waals surface area contributed by atoms with Gasteiger partial charge in [-0.2, -0.15) is 0 Å². The van der Waals surface area contributed by atoms with Crippen LogP contribution in [0.5, 0.6) is 0 Å². The number of rotatable bonds is 7. The summed E-state index contributed by atoms with van der Waals surface area (Å²) in [6.45, 7) is 1.79. The van der Waals surface area contributed by atoms with Crippen molar-refractivity contribution in [2.45, 2.75) is 38.7 Å². The van der Waals surface area contributed by atoms with E-state index in [1.54, 1.807) is 6.92 Å². The SMILES string of the molecule is CC(CC[C@@H]1C[C@H]([CH]Cc2ccccc2)OC1=O)C(N)=O. The van der Waals surface area contributed by atoms with Crippen molar-refractivity contribution in [2.75, 3.05) is 0 Å². The van der Waals surface area contributed by atoms with Crippen LogP contribution in [0.4, 0.5) is 0 Å². The molecule has 1 unspecified atom stereocenters. The third kappa shape index (κ3) is 4.59. The van der Waals surface area contributed by atoms with Gasteiger partial charge >= 0.3 is 5.97 Å². The Morgan fingerprint density at radius 1 is 1.43 bits per heavy atom. The van der Waals surface area contributed by atoms with Crippen LogP contribution >= 0.6 is 0 Å². The van der Waals surface area contributed by atoms with Crippen LogP contribution in [0.1, 0.15) is 31.7 Å². The maximum atomic E-state index is 11.8. The van der Waals surface area contributed by atoms with Gasteiger partial charge in [-0.3, -0.25) is 9.59 Å². The summed E-state index contributed by atoms with van der Waals surface area (Å²) in [6, 6.07) is 10.1. The van der Waals surface area contributed by atoms with Gasteiger partial charge in [0.2, 0.25) is 5.91 Å². The van der Waals surface area contributed by atoms with E-state index in [2.05, 4.69) is 12.1 Å². The first-order valence-electron chi connectivity index (χ1n) is 7.43. The molecular weight excluding hydrogens is 266 g/mol. The van der Waals surface area contributed by atoms with Gasteiger partial charge in [-0.15, -0.1) is 0 Å². The van der Waals surface area contributed by atoms with Crippen LogP contribution in [0.3, 0.4) is 0 Å². The van der Waals surface area contributed by atoms with E-state index in [9.17, 15) is 9.59 Å². The molecule has 1 fully saturated rings. The van der Waals surface area contributed by atoms with Gasteiger partial charge in [0.05, 0.1) is 5.92 Å². The van der Waals surface area contributed by atoms with Crippen molar-refractivity contribution >= 4 is 11.9 Å². The Labute approximate surface area is 125 Å². The number of primary amides is 1. The van der Waals surface area contributed by atoms with E-state index < -0.39 is 0 Å². The van der Waals surface area contributed by atoms with Crippen LogP contribution in [0.2, 0.25) is 0 Å². The number of nitrogens with two attached hydrogens (primary N) is 1. The molecule has 4 nitrogen and oxygen atoms in total. The maximum Gasteiger partial charge on any atom is 0.309 e. The number of carbonyl (C=O) groups is 2. The summed E-state index contributed by atoms with van der Waals surface area (Å²) >= 11 is 0. The van der Waals surface area contributed by atoms with Crippen molar-refractivity contribution in [1.82, 2.24) is 0 Å². The molecule has 0 aromatic heterocycles. The predicted octanol–water partition coefficient (Wildman–Crippen LogP) is 2.27. The number of hydrogen-bond donors (Lipinski definition) is 1. The van der Waals surface area contributed by atoms with Gasteiger partial charge in [-0.1, -0.05) is 37.3 Å². The smallest absolute Gasteiger partial charge is 0.309 e. The van der Waals surface area contributed by atoms with E-state index in [1.165, 1.54) is 5.56 Å². The summed E-state index contributed by atoms with van der Waals surface area (Å²) in [7, 11) is 0. The fraction of sp³-hybridized carbons (Fsp3) is 0.471. The fourth-order valence-electron chi connectivity index (χ4n) is 2.53. The molecule has 1 aliphatic heterocycles. The van der Waals surface area contributed by atoms with Crippen molar-refractivity contribution in [3.05, 3.63) is 42.3 Å². The Bertz CT molecular complexity index is 486. The Kier molecular flexibility index (Phi) is 5.37. The first kappa shape index (κ1) is 15.5. The minimum absolute atomic E-state index is 0.108. The second-order valence-corrected chi connectivity index (χ2v) is 5.71. The number of amides is 1. The monoisotopic (exact) mass is 288 g/mol. The topological polar surface area (TPSA) is 69.4 Å². The Morgan fingerprint density at radius 3 is 2.81 bits per heavy atom.